The summed E-state index contributed by atoms with van der Waals surface area (Å²) in [5, 5.41) is 0. The molecule has 46 heavy (non-hydrogen) atoms. The second-order valence-electron chi connectivity index (χ2n) is 10.6. The molecule has 8 nitrogen and oxygen atoms in total. The highest BCUT2D eigenvalue weighted by Gasteiger charge is 2.27. The molecule has 4 aromatic rings. The Labute approximate surface area is 273 Å². The van der Waals surface area contributed by atoms with Gasteiger partial charge in [0.05, 0.1) is 47.5 Å². The van der Waals surface area contributed by atoms with E-state index in [0.717, 1.165) is 11.1 Å². The number of benzene rings is 4. The molecule has 0 amide bonds. The van der Waals surface area contributed by atoms with Crippen molar-refractivity contribution in [3.05, 3.63) is 133 Å². The molecule has 0 aliphatic rings. The van der Waals surface area contributed by atoms with Gasteiger partial charge >= 0.3 is 0 Å². The van der Waals surface area contributed by atoms with E-state index in [1.807, 2.05) is 13.8 Å². The van der Waals surface area contributed by atoms with Gasteiger partial charge in [-0.25, -0.2) is 16.8 Å². The number of anilines is 2. The third kappa shape index (κ3) is 8.18. The van der Waals surface area contributed by atoms with Gasteiger partial charge in [0.2, 0.25) is 0 Å². The summed E-state index contributed by atoms with van der Waals surface area (Å²) in [4.78, 5) is 0.371. The van der Waals surface area contributed by atoms with Crippen molar-refractivity contribution in [3.63, 3.8) is 0 Å². The largest absolute Gasteiger partial charge is 0.491 e. The van der Waals surface area contributed by atoms with Crippen molar-refractivity contribution in [1.82, 2.24) is 0 Å². The number of unbranched alkanes of at least 4 members (excludes halogenated alkanes) is 1. The summed E-state index contributed by atoms with van der Waals surface area (Å²) in [5.74, 6) is 0.875. The molecule has 0 radical (unpaired) electrons. The van der Waals surface area contributed by atoms with Gasteiger partial charge in [-0.3, -0.25) is 8.61 Å². The van der Waals surface area contributed by atoms with Crippen LogP contribution in [0.25, 0.3) is 0 Å². The van der Waals surface area contributed by atoms with E-state index in [-0.39, 0.29) is 22.9 Å². The number of aryl methyl sites for hydroxylation is 2. The number of sulfonamides is 2. The summed E-state index contributed by atoms with van der Waals surface area (Å²) < 4.78 is 69.0. The first-order chi connectivity index (χ1) is 22.1. The minimum atomic E-state index is -3.86. The Balaban J connectivity index is 1.41. The molecule has 0 saturated heterocycles. The number of para-hydroxylation sites is 4. The lowest BCUT2D eigenvalue weighted by atomic mass is 10.2. The number of hydrogen-bond acceptors (Lipinski definition) is 6. The van der Waals surface area contributed by atoms with Gasteiger partial charge in [-0.15, -0.1) is 13.2 Å². The van der Waals surface area contributed by atoms with Crippen LogP contribution < -0.4 is 18.1 Å². The standard InChI is InChI=1S/C36H40N2O6S2/c1-5-25-37(45(39,40)31-21-17-29(3)18-22-31)33-13-7-9-15-35(33)43-27-11-12-28-44-36-16-10-8-14-34(36)38(26-6-2)46(41,42)32-23-19-30(4)20-24-32/h5-10,13-24H,1-2,11-12,25-28H2,3-4H3. The summed E-state index contributed by atoms with van der Waals surface area (Å²) in [6.07, 6.45) is 4.31. The van der Waals surface area contributed by atoms with Crippen molar-refractivity contribution < 1.29 is 26.3 Å². The summed E-state index contributed by atoms with van der Waals surface area (Å²) in [5.41, 5.74) is 2.77. The van der Waals surface area contributed by atoms with E-state index in [4.69, 9.17) is 9.47 Å². The van der Waals surface area contributed by atoms with Crippen LogP contribution in [-0.4, -0.2) is 43.1 Å². The fourth-order valence-electron chi connectivity index (χ4n) is 4.70. The molecule has 0 saturated carbocycles. The third-order valence-electron chi connectivity index (χ3n) is 7.13. The fraction of sp³-hybridized carbons (Fsp3) is 0.222. The molecule has 0 aliphatic carbocycles. The Morgan fingerprint density at radius 1 is 0.565 bits per heavy atom. The van der Waals surface area contributed by atoms with Crippen molar-refractivity contribution in [1.29, 1.82) is 0 Å². The number of rotatable bonds is 17. The van der Waals surface area contributed by atoms with Gasteiger partial charge in [-0.1, -0.05) is 71.8 Å². The lowest BCUT2D eigenvalue weighted by molar-refractivity contribution is 0.267. The van der Waals surface area contributed by atoms with Gasteiger partial charge < -0.3 is 9.47 Å². The van der Waals surface area contributed by atoms with E-state index < -0.39 is 20.0 Å². The summed E-state index contributed by atoms with van der Waals surface area (Å²) >= 11 is 0. The van der Waals surface area contributed by atoms with Gasteiger partial charge in [0.15, 0.2) is 0 Å². The van der Waals surface area contributed by atoms with Crippen LogP contribution in [0, 0.1) is 13.8 Å². The predicted octanol–water partition coefficient (Wildman–Crippen LogP) is 7.30. The van der Waals surface area contributed by atoms with Crippen LogP contribution in [0.2, 0.25) is 0 Å². The molecule has 4 rings (SSSR count). The maximum Gasteiger partial charge on any atom is 0.264 e. The van der Waals surface area contributed by atoms with E-state index in [0.29, 0.717) is 48.9 Å². The van der Waals surface area contributed by atoms with Gasteiger partial charge in [0.1, 0.15) is 11.5 Å². The van der Waals surface area contributed by atoms with Gasteiger partial charge in [-0.05, 0) is 75.2 Å². The molecule has 0 heterocycles. The maximum atomic E-state index is 13.6. The third-order valence-corrected chi connectivity index (χ3v) is 10.7. The highest BCUT2D eigenvalue weighted by molar-refractivity contribution is 7.93. The lowest BCUT2D eigenvalue weighted by Crippen LogP contribution is -2.31. The first-order valence-electron chi connectivity index (χ1n) is 14.9. The Bertz CT molecular complexity index is 1700. The highest BCUT2D eigenvalue weighted by Crippen LogP contribution is 2.34. The number of hydrogen-bond donors (Lipinski definition) is 0. The quantitative estimate of drug-likeness (QED) is 0.0872. The molecular weight excluding hydrogens is 621 g/mol. The van der Waals surface area contributed by atoms with Crippen molar-refractivity contribution >= 4 is 31.4 Å². The Morgan fingerprint density at radius 2 is 0.913 bits per heavy atom. The summed E-state index contributed by atoms with van der Waals surface area (Å²) in [6.45, 7) is 12.1. The Kier molecular flexibility index (Phi) is 11.7. The van der Waals surface area contributed by atoms with Crippen molar-refractivity contribution in [2.45, 2.75) is 36.5 Å². The summed E-state index contributed by atoms with van der Waals surface area (Å²) in [7, 11) is -7.72. The predicted molar refractivity (Wildman–Crippen MR) is 185 cm³/mol. The minimum absolute atomic E-state index is 0.0757. The smallest absolute Gasteiger partial charge is 0.264 e. The van der Waals surface area contributed by atoms with Crippen LogP contribution in [0.15, 0.2) is 132 Å². The van der Waals surface area contributed by atoms with Gasteiger partial charge in [-0.2, -0.15) is 0 Å². The van der Waals surface area contributed by atoms with Crippen LogP contribution in [0.1, 0.15) is 24.0 Å². The van der Waals surface area contributed by atoms with E-state index >= 15 is 0 Å². The second kappa shape index (κ2) is 15.6. The van der Waals surface area contributed by atoms with E-state index in [1.165, 1.54) is 8.61 Å². The summed E-state index contributed by atoms with van der Waals surface area (Å²) in [6, 6.07) is 27.5. The molecule has 0 fully saturated rings. The fourth-order valence-corrected chi connectivity index (χ4v) is 7.59. The normalized spacial score (nSPS) is 11.4. The highest BCUT2D eigenvalue weighted by atomic mass is 32.2. The van der Waals surface area contributed by atoms with Gasteiger partial charge in [0.25, 0.3) is 20.0 Å². The average Bonchev–Trinajstić information content (AvgIpc) is 3.05. The molecule has 10 heteroatoms. The zero-order valence-corrected chi connectivity index (χ0v) is 27.8. The van der Waals surface area contributed by atoms with Crippen molar-refractivity contribution in [3.8, 4) is 11.5 Å². The van der Waals surface area contributed by atoms with Gasteiger partial charge in [0, 0.05) is 0 Å². The monoisotopic (exact) mass is 660 g/mol. The molecule has 0 aromatic heterocycles. The van der Waals surface area contributed by atoms with Crippen molar-refractivity contribution in [2.24, 2.45) is 0 Å². The molecule has 0 bridgehead atoms. The van der Waals surface area contributed by atoms with Crippen LogP contribution in [0.5, 0.6) is 11.5 Å². The van der Waals surface area contributed by atoms with E-state index in [2.05, 4.69) is 13.2 Å². The first kappa shape index (κ1) is 34.3. The Morgan fingerprint density at radius 3 is 1.26 bits per heavy atom. The molecule has 0 aliphatic heterocycles. The van der Waals surface area contributed by atoms with Crippen LogP contribution in [0.3, 0.4) is 0 Å². The second-order valence-corrected chi connectivity index (χ2v) is 14.3. The molecule has 0 spiro atoms. The molecule has 0 atom stereocenters. The average molecular weight is 661 g/mol. The van der Waals surface area contributed by atoms with Crippen LogP contribution in [-0.2, 0) is 20.0 Å². The Hall–Kier alpha value is -4.54. The topological polar surface area (TPSA) is 93.2 Å². The number of nitrogens with zero attached hydrogens (tertiary/aromatic N) is 2. The molecule has 0 N–H and O–H groups in total. The van der Waals surface area contributed by atoms with Crippen molar-refractivity contribution in [2.75, 3.05) is 34.9 Å². The molecule has 0 unspecified atom stereocenters. The minimum Gasteiger partial charge on any atom is -0.491 e. The lowest BCUT2D eigenvalue weighted by Gasteiger charge is -2.25. The SMILES string of the molecule is C=CCN(c1ccccc1OCCCCOc1ccccc1N(CC=C)S(=O)(=O)c1ccc(C)cc1)S(=O)(=O)c1ccc(C)cc1. The molecule has 4 aromatic carbocycles. The number of ether oxygens (including phenoxy) is 2. The zero-order chi connectivity index (χ0) is 33.2. The van der Waals surface area contributed by atoms with E-state index in [1.54, 1.807) is 109 Å². The van der Waals surface area contributed by atoms with Crippen LogP contribution in [0.4, 0.5) is 11.4 Å². The molecule has 242 valence electrons. The van der Waals surface area contributed by atoms with E-state index in [9.17, 15) is 16.8 Å². The maximum absolute atomic E-state index is 13.6. The zero-order valence-electron chi connectivity index (χ0n) is 26.2. The molecular formula is C36H40N2O6S2. The first-order valence-corrected chi connectivity index (χ1v) is 17.8. The van der Waals surface area contributed by atoms with Crippen LogP contribution >= 0.6 is 0 Å².